The molecule has 1 fully saturated rings. The highest BCUT2D eigenvalue weighted by atomic mass is 32.1. The summed E-state index contributed by atoms with van der Waals surface area (Å²) >= 11 is 1.45. The summed E-state index contributed by atoms with van der Waals surface area (Å²) in [6, 6.07) is 5.02. The van der Waals surface area contributed by atoms with E-state index in [4.69, 9.17) is 10.5 Å². The van der Waals surface area contributed by atoms with Crippen molar-refractivity contribution in [2.24, 2.45) is 0 Å². The minimum absolute atomic E-state index is 0.222. The topological polar surface area (TPSA) is 77.2 Å². The maximum absolute atomic E-state index is 12.3. The largest absolute Gasteiger partial charge is 0.494 e. The summed E-state index contributed by atoms with van der Waals surface area (Å²) in [5.74, 6) is 0.962. The predicted octanol–water partition coefficient (Wildman–Crippen LogP) is 3.25. The lowest BCUT2D eigenvalue weighted by molar-refractivity contribution is 0.102. The van der Waals surface area contributed by atoms with Crippen molar-refractivity contribution in [2.45, 2.75) is 25.7 Å². The molecule has 0 unspecified atom stereocenters. The molecule has 0 saturated heterocycles. The zero-order valence-electron chi connectivity index (χ0n) is 11.8. The first-order chi connectivity index (χ1) is 10.2. The molecular weight excluding hydrogens is 286 g/mol. The number of hydrogen-bond acceptors (Lipinski definition) is 5. The van der Waals surface area contributed by atoms with Gasteiger partial charge in [-0.2, -0.15) is 0 Å². The second-order valence-electron chi connectivity index (χ2n) is 5.03. The number of benzene rings is 1. The number of nitrogens with one attached hydrogen (secondary N) is 1. The number of nitrogen functional groups attached to an aromatic ring is 1. The average molecular weight is 303 g/mol. The van der Waals surface area contributed by atoms with Crippen molar-refractivity contribution >= 4 is 28.1 Å². The van der Waals surface area contributed by atoms with Crippen molar-refractivity contribution in [3.05, 3.63) is 34.8 Å². The smallest absolute Gasteiger partial charge is 0.257 e. The minimum Gasteiger partial charge on any atom is -0.494 e. The standard InChI is InChI=1S/C15H17N3O2S/c1-2-20-12-6-10(5-11(16)7-12)14(19)18-15-17-13(8-21-15)9-3-4-9/h5-9H,2-4,16H2,1H3,(H,17,18,19). The van der Waals surface area contributed by atoms with Crippen molar-refractivity contribution in [3.63, 3.8) is 0 Å². The molecule has 1 amide bonds. The van der Waals surface area contributed by atoms with Gasteiger partial charge in [0.1, 0.15) is 5.75 Å². The number of carbonyl (C=O) groups is 1. The fraction of sp³-hybridized carbons (Fsp3) is 0.333. The Bertz CT molecular complexity index is 665. The number of carbonyl (C=O) groups excluding carboxylic acids is 1. The number of anilines is 2. The van der Waals surface area contributed by atoms with Gasteiger partial charge in [-0.15, -0.1) is 11.3 Å². The summed E-state index contributed by atoms with van der Waals surface area (Å²) in [6.07, 6.45) is 2.40. The first-order valence-electron chi connectivity index (χ1n) is 6.96. The van der Waals surface area contributed by atoms with E-state index in [9.17, 15) is 4.79 Å². The van der Waals surface area contributed by atoms with Gasteiger partial charge >= 0.3 is 0 Å². The number of hydrogen-bond donors (Lipinski definition) is 2. The number of thiazole rings is 1. The van der Waals surface area contributed by atoms with E-state index in [1.807, 2.05) is 12.3 Å². The quantitative estimate of drug-likeness (QED) is 0.831. The van der Waals surface area contributed by atoms with Crippen LogP contribution < -0.4 is 15.8 Å². The van der Waals surface area contributed by atoms with Gasteiger partial charge in [0, 0.05) is 28.6 Å². The lowest BCUT2D eigenvalue weighted by Crippen LogP contribution is -2.12. The molecule has 1 heterocycles. The lowest BCUT2D eigenvalue weighted by atomic mass is 10.2. The molecule has 1 aliphatic carbocycles. The third kappa shape index (κ3) is 3.33. The Hall–Kier alpha value is -2.08. The third-order valence-electron chi connectivity index (χ3n) is 3.24. The molecule has 1 saturated carbocycles. The number of rotatable bonds is 5. The van der Waals surface area contributed by atoms with Crippen LogP contribution in [0.3, 0.4) is 0 Å². The number of amides is 1. The molecule has 0 bridgehead atoms. The highest BCUT2D eigenvalue weighted by molar-refractivity contribution is 7.14. The second-order valence-corrected chi connectivity index (χ2v) is 5.89. The Labute approximate surface area is 127 Å². The molecule has 3 N–H and O–H groups in total. The first kappa shape index (κ1) is 13.9. The monoisotopic (exact) mass is 303 g/mol. The summed E-state index contributed by atoms with van der Waals surface area (Å²) in [4.78, 5) is 16.7. The molecule has 2 aromatic rings. The zero-order valence-corrected chi connectivity index (χ0v) is 12.6. The Balaban J connectivity index is 1.74. The van der Waals surface area contributed by atoms with Crippen LogP contribution in [0.2, 0.25) is 0 Å². The van der Waals surface area contributed by atoms with Crippen LogP contribution in [0.15, 0.2) is 23.6 Å². The van der Waals surface area contributed by atoms with Gasteiger partial charge in [0.25, 0.3) is 5.91 Å². The highest BCUT2D eigenvalue weighted by Gasteiger charge is 2.26. The summed E-state index contributed by atoms with van der Waals surface area (Å²) in [5, 5.41) is 5.45. The third-order valence-corrected chi connectivity index (χ3v) is 4.02. The Morgan fingerprint density at radius 3 is 3.00 bits per heavy atom. The zero-order chi connectivity index (χ0) is 14.8. The number of ether oxygens (including phenoxy) is 1. The minimum atomic E-state index is -0.222. The number of nitrogens with two attached hydrogens (primary N) is 1. The van der Waals surface area contributed by atoms with Crippen LogP contribution in [-0.4, -0.2) is 17.5 Å². The Morgan fingerprint density at radius 2 is 2.29 bits per heavy atom. The first-order valence-corrected chi connectivity index (χ1v) is 7.84. The Kier molecular flexibility index (Phi) is 3.79. The highest BCUT2D eigenvalue weighted by Crippen LogP contribution is 2.40. The van der Waals surface area contributed by atoms with E-state index >= 15 is 0 Å². The molecule has 0 atom stereocenters. The van der Waals surface area contributed by atoms with Crippen LogP contribution in [0.5, 0.6) is 5.75 Å². The summed E-state index contributed by atoms with van der Waals surface area (Å²) < 4.78 is 5.40. The van der Waals surface area contributed by atoms with Crippen LogP contribution in [0.25, 0.3) is 0 Å². The molecule has 0 aliphatic heterocycles. The maximum atomic E-state index is 12.3. The molecule has 3 rings (SSSR count). The van der Waals surface area contributed by atoms with E-state index < -0.39 is 0 Å². The van der Waals surface area contributed by atoms with Gasteiger partial charge < -0.3 is 10.5 Å². The van der Waals surface area contributed by atoms with E-state index in [0.717, 1.165) is 5.69 Å². The fourth-order valence-electron chi connectivity index (χ4n) is 2.08. The van der Waals surface area contributed by atoms with Crippen molar-refractivity contribution in [3.8, 4) is 5.75 Å². The number of aromatic nitrogens is 1. The van der Waals surface area contributed by atoms with Gasteiger partial charge in [0.15, 0.2) is 5.13 Å². The van der Waals surface area contributed by atoms with Crippen LogP contribution in [0.4, 0.5) is 10.8 Å². The SMILES string of the molecule is CCOc1cc(N)cc(C(=O)Nc2nc(C3CC3)cs2)c1. The summed E-state index contributed by atoms with van der Waals surface area (Å²) in [7, 11) is 0. The van der Waals surface area contributed by atoms with Gasteiger partial charge in [-0.3, -0.25) is 10.1 Å². The second kappa shape index (κ2) is 5.73. The van der Waals surface area contributed by atoms with Crippen LogP contribution in [-0.2, 0) is 0 Å². The van der Waals surface area contributed by atoms with Crippen molar-refractivity contribution in [2.75, 3.05) is 17.7 Å². The van der Waals surface area contributed by atoms with E-state index in [2.05, 4.69) is 10.3 Å². The molecule has 5 nitrogen and oxygen atoms in total. The van der Waals surface area contributed by atoms with Gasteiger partial charge in [0.05, 0.1) is 12.3 Å². The van der Waals surface area contributed by atoms with Crippen molar-refractivity contribution < 1.29 is 9.53 Å². The van der Waals surface area contributed by atoms with Gasteiger partial charge in [0.2, 0.25) is 0 Å². The summed E-state index contributed by atoms with van der Waals surface area (Å²) in [5.41, 5.74) is 7.86. The number of nitrogens with zero attached hydrogens (tertiary/aromatic N) is 1. The van der Waals surface area contributed by atoms with E-state index in [-0.39, 0.29) is 5.91 Å². The molecule has 0 spiro atoms. The molecule has 6 heteroatoms. The van der Waals surface area contributed by atoms with Crippen molar-refractivity contribution in [1.29, 1.82) is 0 Å². The van der Waals surface area contributed by atoms with Gasteiger partial charge in [-0.05, 0) is 31.9 Å². The van der Waals surface area contributed by atoms with Crippen molar-refractivity contribution in [1.82, 2.24) is 4.98 Å². The Morgan fingerprint density at radius 1 is 1.48 bits per heavy atom. The van der Waals surface area contributed by atoms with E-state index in [1.165, 1.54) is 24.2 Å². The molecule has 1 aliphatic rings. The molecule has 1 aromatic carbocycles. The van der Waals surface area contributed by atoms with E-state index in [0.29, 0.717) is 34.7 Å². The molecule has 0 radical (unpaired) electrons. The predicted molar refractivity (Wildman–Crippen MR) is 84.1 cm³/mol. The summed E-state index contributed by atoms with van der Waals surface area (Å²) in [6.45, 7) is 2.42. The van der Waals surface area contributed by atoms with Gasteiger partial charge in [-0.1, -0.05) is 0 Å². The van der Waals surface area contributed by atoms with Crippen LogP contribution >= 0.6 is 11.3 Å². The average Bonchev–Trinajstić information content (AvgIpc) is 3.19. The molecule has 21 heavy (non-hydrogen) atoms. The molecule has 1 aromatic heterocycles. The van der Waals surface area contributed by atoms with Gasteiger partial charge in [-0.25, -0.2) is 4.98 Å². The molecular formula is C15H17N3O2S. The maximum Gasteiger partial charge on any atom is 0.257 e. The molecule has 110 valence electrons. The fourth-order valence-corrected chi connectivity index (χ4v) is 2.87. The normalized spacial score (nSPS) is 14.0. The van der Waals surface area contributed by atoms with E-state index in [1.54, 1.807) is 18.2 Å². The van der Waals surface area contributed by atoms with Crippen LogP contribution in [0, 0.1) is 0 Å². The lowest BCUT2D eigenvalue weighted by Gasteiger charge is -2.07. The van der Waals surface area contributed by atoms with Crippen LogP contribution in [0.1, 0.15) is 41.7 Å².